The summed E-state index contributed by atoms with van der Waals surface area (Å²) >= 11 is 0. The van der Waals surface area contributed by atoms with Crippen molar-refractivity contribution in [2.24, 2.45) is 5.73 Å². The van der Waals surface area contributed by atoms with E-state index in [2.05, 4.69) is 13.8 Å². The lowest BCUT2D eigenvalue weighted by Gasteiger charge is -2.10. The van der Waals surface area contributed by atoms with Gasteiger partial charge < -0.3 is 5.73 Å². The first-order chi connectivity index (χ1) is 7.31. The summed E-state index contributed by atoms with van der Waals surface area (Å²) in [7, 11) is 0. The van der Waals surface area contributed by atoms with E-state index in [1.165, 1.54) is 70.6 Å². The average molecular weight is 213 g/mol. The molecule has 15 heavy (non-hydrogen) atoms. The smallest absolute Gasteiger partial charge is 0.00388 e. The van der Waals surface area contributed by atoms with Gasteiger partial charge in [-0.15, -0.1) is 0 Å². The van der Waals surface area contributed by atoms with E-state index in [9.17, 15) is 0 Å². The zero-order valence-electron chi connectivity index (χ0n) is 10.9. The summed E-state index contributed by atoms with van der Waals surface area (Å²) in [5.41, 5.74) is 6.07. The van der Waals surface area contributed by atoms with Gasteiger partial charge in [0.2, 0.25) is 0 Å². The van der Waals surface area contributed by atoms with Crippen molar-refractivity contribution in [1.82, 2.24) is 0 Å². The van der Waals surface area contributed by atoms with Crippen LogP contribution in [0, 0.1) is 0 Å². The first kappa shape index (κ1) is 15.0. The van der Waals surface area contributed by atoms with Gasteiger partial charge in [0.15, 0.2) is 0 Å². The Morgan fingerprint density at radius 2 is 1.07 bits per heavy atom. The summed E-state index contributed by atoms with van der Waals surface area (Å²) < 4.78 is 0. The van der Waals surface area contributed by atoms with Gasteiger partial charge in [0, 0.05) is 6.04 Å². The fourth-order valence-electron chi connectivity index (χ4n) is 1.99. The third-order valence-electron chi connectivity index (χ3n) is 3.11. The molecule has 0 amide bonds. The number of hydrogen-bond donors (Lipinski definition) is 1. The van der Waals surface area contributed by atoms with Crippen molar-refractivity contribution < 1.29 is 0 Å². The summed E-state index contributed by atoms with van der Waals surface area (Å²) in [4.78, 5) is 0. The standard InChI is InChI=1S/C14H31N/c1-3-5-7-9-11-13-14(15)12-10-8-6-4-2/h14H,3-13,15H2,1-2H3. The highest BCUT2D eigenvalue weighted by Crippen LogP contribution is 2.11. The van der Waals surface area contributed by atoms with Gasteiger partial charge in [0.25, 0.3) is 0 Å². The Balaban J connectivity index is 3.08. The van der Waals surface area contributed by atoms with Gasteiger partial charge in [0.1, 0.15) is 0 Å². The molecule has 0 aromatic rings. The summed E-state index contributed by atoms with van der Waals surface area (Å²) in [6.45, 7) is 4.52. The van der Waals surface area contributed by atoms with Crippen LogP contribution in [0.2, 0.25) is 0 Å². The van der Waals surface area contributed by atoms with Crippen molar-refractivity contribution in [3.8, 4) is 0 Å². The third kappa shape index (κ3) is 11.9. The molecule has 0 aliphatic rings. The van der Waals surface area contributed by atoms with Crippen LogP contribution in [0.5, 0.6) is 0 Å². The molecule has 0 aromatic carbocycles. The Labute approximate surface area is 96.8 Å². The van der Waals surface area contributed by atoms with E-state index in [1.54, 1.807) is 0 Å². The van der Waals surface area contributed by atoms with Gasteiger partial charge in [-0.3, -0.25) is 0 Å². The third-order valence-corrected chi connectivity index (χ3v) is 3.11. The van der Waals surface area contributed by atoms with Crippen molar-refractivity contribution in [3.63, 3.8) is 0 Å². The zero-order chi connectivity index (χ0) is 11.4. The molecule has 0 aliphatic carbocycles. The van der Waals surface area contributed by atoms with Gasteiger partial charge in [-0.1, -0.05) is 71.6 Å². The van der Waals surface area contributed by atoms with E-state index >= 15 is 0 Å². The second-order valence-corrected chi connectivity index (χ2v) is 4.81. The van der Waals surface area contributed by atoms with Crippen LogP contribution < -0.4 is 5.73 Å². The van der Waals surface area contributed by atoms with E-state index in [4.69, 9.17) is 5.73 Å². The zero-order valence-corrected chi connectivity index (χ0v) is 10.9. The summed E-state index contributed by atoms with van der Waals surface area (Å²) in [6, 6.07) is 0.475. The minimum Gasteiger partial charge on any atom is -0.328 e. The Bertz CT molecular complexity index is 112. The molecule has 0 heterocycles. The largest absolute Gasteiger partial charge is 0.328 e. The van der Waals surface area contributed by atoms with E-state index in [-0.39, 0.29) is 0 Å². The quantitative estimate of drug-likeness (QED) is 0.497. The molecule has 1 unspecified atom stereocenters. The van der Waals surface area contributed by atoms with Crippen molar-refractivity contribution in [2.45, 2.75) is 90.5 Å². The van der Waals surface area contributed by atoms with Gasteiger partial charge in [-0.2, -0.15) is 0 Å². The molecule has 0 saturated carbocycles. The Morgan fingerprint density at radius 3 is 1.53 bits per heavy atom. The molecular formula is C14H31N. The van der Waals surface area contributed by atoms with Crippen LogP contribution in [0.1, 0.15) is 84.5 Å². The van der Waals surface area contributed by atoms with Gasteiger partial charge in [0.05, 0.1) is 0 Å². The van der Waals surface area contributed by atoms with E-state index in [1.807, 2.05) is 0 Å². The van der Waals surface area contributed by atoms with Crippen LogP contribution in [0.4, 0.5) is 0 Å². The lowest BCUT2D eigenvalue weighted by atomic mass is 10.0. The maximum absolute atomic E-state index is 6.07. The van der Waals surface area contributed by atoms with Gasteiger partial charge >= 0.3 is 0 Å². The number of unbranched alkanes of at least 4 members (excludes halogenated alkanes) is 7. The Kier molecular flexibility index (Phi) is 12.0. The van der Waals surface area contributed by atoms with Crippen molar-refractivity contribution in [2.75, 3.05) is 0 Å². The molecular weight excluding hydrogens is 182 g/mol. The number of rotatable bonds is 11. The molecule has 0 fully saturated rings. The lowest BCUT2D eigenvalue weighted by Crippen LogP contribution is -2.19. The van der Waals surface area contributed by atoms with E-state index in [0.717, 1.165) is 0 Å². The van der Waals surface area contributed by atoms with E-state index in [0.29, 0.717) is 6.04 Å². The molecule has 0 rings (SSSR count). The monoisotopic (exact) mass is 213 g/mol. The summed E-state index contributed by atoms with van der Waals surface area (Å²) in [6.07, 6.45) is 14.8. The number of hydrogen-bond acceptors (Lipinski definition) is 1. The Hall–Kier alpha value is -0.0400. The number of nitrogens with two attached hydrogens (primary N) is 1. The lowest BCUT2D eigenvalue weighted by molar-refractivity contribution is 0.490. The maximum Gasteiger partial charge on any atom is 0.00388 e. The molecule has 1 nitrogen and oxygen atoms in total. The molecule has 2 N–H and O–H groups in total. The molecule has 0 aromatic heterocycles. The maximum atomic E-state index is 6.07. The van der Waals surface area contributed by atoms with Gasteiger partial charge in [-0.25, -0.2) is 0 Å². The van der Waals surface area contributed by atoms with Crippen LogP contribution in [-0.4, -0.2) is 6.04 Å². The van der Waals surface area contributed by atoms with Crippen molar-refractivity contribution in [1.29, 1.82) is 0 Å². The minimum absolute atomic E-state index is 0.475. The SMILES string of the molecule is CCCCCCCC(N)CCCCCC. The minimum atomic E-state index is 0.475. The molecule has 0 bridgehead atoms. The molecule has 92 valence electrons. The van der Waals surface area contributed by atoms with Crippen LogP contribution in [0.3, 0.4) is 0 Å². The summed E-state index contributed by atoms with van der Waals surface area (Å²) in [5.74, 6) is 0. The first-order valence-corrected chi connectivity index (χ1v) is 7.06. The molecule has 0 radical (unpaired) electrons. The fourth-order valence-corrected chi connectivity index (χ4v) is 1.99. The predicted octanol–water partition coefficient (Wildman–Crippen LogP) is 4.64. The highest BCUT2D eigenvalue weighted by Gasteiger charge is 2.01. The predicted molar refractivity (Wildman–Crippen MR) is 70.1 cm³/mol. The van der Waals surface area contributed by atoms with Crippen molar-refractivity contribution >= 4 is 0 Å². The highest BCUT2D eigenvalue weighted by molar-refractivity contribution is 4.61. The molecule has 0 aliphatic heterocycles. The summed E-state index contributed by atoms with van der Waals surface area (Å²) in [5, 5.41) is 0. The topological polar surface area (TPSA) is 26.0 Å². The van der Waals surface area contributed by atoms with Crippen LogP contribution >= 0.6 is 0 Å². The normalized spacial score (nSPS) is 13.0. The first-order valence-electron chi connectivity index (χ1n) is 7.06. The van der Waals surface area contributed by atoms with E-state index < -0.39 is 0 Å². The van der Waals surface area contributed by atoms with Crippen LogP contribution in [-0.2, 0) is 0 Å². The molecule has 1 atom stereocenters. The van der Waals surface area contributed by atoms with Crippen LogP contribution in [0.25, 0.3) is 0 Å². The van der Waals surface area contributed by atoms with Gasteiger partial charge in [-0.05, 0) is 12.8 Å². The molecule has 1 heteroatoms. The Morgan fingerprint density at radius 1 is 0.667 bits per heavy atom. The highest BCUT2D eigenvalue weighted by atomic mass is 14.6. The molecule has 0 saturated heterocycles. The second-order valence-electron chi connectivity index (χ2n) is 4.81. The molecule has 0 spiro atoms. The fraction of sp³-hybridized carbons (Fsp3) is 1.00. The second kappa shape index (κ2) is 12.0. The van der Waals surface area contributed by atoms with Crippen LogP contribution in [0.15, 0.2) is 0 Å². The average Bonchev–Trinajstić information content (AvgIpc) is 2.24. The van der Waals surface area contributed by atoms with Crippen molar-refractivity contribution in [3.05, 3.63) is 0 Å².